The third-order valence-electron chi connectivity index (χ3n) is 2.20. The fourth-order valence-corrected chi connectivity index (χ4v) is 2.17. The number of methoxy groups -OCH3 is 1. The Morgan fingerprint density at radius 3 is 2.56 bits per heavy atom. The van der Waals surface area contributed by atoms with Crippen molar-refractivity contribution in [1.29, 1.82) is 0 Å². The first kappa shape index (κ1) is 13.5. The summed E-state index contributed by atoms with van der Waals surface area (Å²) < 4.78 is 11.7. The number of halogens is 1. The van der Waals surface area contributed by atoms with Gasteiger partial charge < -0.3 is 15.2 Å². The maximum atomic E-state index is 5.82. The summed E-state index contributed by atoms with van der Waals surface area (Å²) in [5.41, 5.74) is 6.90. The van der Waals surface area contributed by atoms with E-state index in [2.05, 4.69) is 15.9 Å². The molecule has 1 aromatic carbocycles. The molecule has 3 nitrogen and oxygen atoms in total. The van der Waals surface area contributed by atoms with Crippen molar-refractivity contribution in [3.63, 3.8) is 0 Å². The maximum Gasteiger partial charge on any atom is 0.120 e. The Hall–Kier alpha value is -0.580. The largest absolute Gasteiger partial charge is 0.488 e. The molecule has 2 unspecified atom stereocenters. The highest BCUT2D eigenvalue weighted by molar-refractivity contribution is 9.10. The van der Waals surface area contributed by atoms with Crippen molar-refractivity contribution in [3.8, 4) is 5.75 Å². The van der Waals surface area contributed by atoms with Crippen molar-refractivity contribution in [2.24, 2.45) is 5.73 Å². The van der Waals surface area contributed by atoms with Crippen molar-refractivity contribution in [2.45, 2.75) is 26.0 Å². The lowest BCUT2D eigenvalue weighted by Gasteiger charge is -2.15. The molecule has 1 aromatic rings. The summed E-state index contributed by atoms with van der Waals surface area (Å²) in [7, 11) is 1.66. The molecule has 0 aliphatic heterocycles. The van der Waals surface area contributed by atoms with Crippen LogP contribution in [-0.2, 0) is 4.74 Å². The summed E-state index contributed by atoms with van der Waals surface area (Å²) in [6.07, 6.45) is 0.0399. The van der Waals surface area contributed by atoms with Crippen LogP contribution >= 0.6 is 15.9 Å². The number of hydrogen-bond donors (Lipinski definition) is 1. The van der Waals surface area contributed by atoms with Crippen LogP contribution in [0.25, 0.3) is 0 Å². The number of hydrogen-bond acceptors (Lipinski definition) is 3. The van der Waals surface area contributed by atoms with Gasteiger partial charge in [0.2, 0.25) is 0 Å². The minimum absolute atomic E-state index is 0.0137. The zero-order chi connectivity index (χ0) is 12.1. The number of benzene rings is 1. The second-order valence-electron chi connectivity index (χ2n) is 3.86. The van der Waals surface area contributed by atoms with Crippen LogP contribution in [0.5, 0.6) is 5.75 Å². The van der Waals surface area contributed by atoms with E-state index < -0.39 is 0 Å². The third kappa shape index (κ3) is 3.77. The SMILES string of the molecule is COCC(C)Oc1ccc(C(C)N)c(Br)c1. The van der Waals surface area contributed by atoms with Crippen LogP contribution in [0.3, 0.4) is 0 Å². The summed E-state index contributed by atoms with van der Waals surface area (Å²) in [6, 6.07) is 5.85. The fourth-order valence-electron chi connectivity index (χ4n) is 1.45. The van der Waals surface area contributed by atoms with E-state index in [1.165, 1.54) is 0 Å². The Kier molecular flexibility index (Phi) is 5.25. The number of ether oxygens (including phenoxy) is 2. The molecule has 0 aliphatic carbocycles. The quantitative estimate of drug-likeness (QED) is 0.906. The molecule has 0 aromatic heterocycles. The molecule has 0 fully saturated rings. The number of nitrogens with two attached hydrogens (primary N) is 1. The highest BCUT2D eigenvalue weighted by atomic mass is 79.9. The fraction of sp³-hybridized carbons (Fsp3) is 0.500. The lowest BCUT2D eigenvalue weighted by Crippen LogP contribution is -2.18. The van der Waals surface area contributed by atoms with Gasteiger partial charge in [0.15, 0.2) is 0 Å². The van der Waals surface area contributed by atoms with Gasteiger partial charge in [-0.05, 0) is 31.5 Å². The molecule has 2 atom stereocenters. The van der Waals surface area contributed by atoms with Crippen LogP contribution < -0.4 is 10.5 Å². The van der Waals surface area contributed by atoms with Gasteiger partial charge in [0, 0.05) is 17.6 Å². The molecule has 90 valence electrons. The Labute approximate surface area is 105 Å². The van der Waals surface area contributed by atoms with E-state index in [1.54, 1.807) is 7.11 Å². The van der Waals surface area contributed by atoms with Gasteiger partial charge in [-0.3, -0.25) is 0 Å². The molecule has 0 saturated heterocycles. The van der Waals surface area contributed by atoms with Gasteiger partial charge in [-0.2, -0.15) is 0 Å². The topological polar surface area (TPSA) is 44.5 Å². The summed E-state index contributed by atoms with van der Waals surface area (Å²) in [5, 5.41) is 0. The average Bonchev–Trinajstić information content (AvgIpc) is 2.17. The van der Waals surface area contributed by atoms with Crippen molar-refractivity contribution in [2.75, 3.05) is 13.7 Å². The Balaban J connectivity index is 2.73. The second kappa shape index (κ2) is 6.23. The molecule has 0 aliphatic rings. The summed E-state index contributed by atoms with van der Waals surface area (Å²) in [6.45, 7) is 4.50. The van der Waals surface area contributed by atoms with Crippen molar-refractivity contribution in [3.05, 3.63) is 28.2 Å². The Morgan fingerprint density at radius 2 is 2.06 bits per heavy atom. The molecule has 0 bridgehead atoms. The van der Waals surface area contributed by atoms with Crippen LogP contribution in [0.1, 0.15) is 25.5 Å². The maximum absolute atomic E-state index is 5.82. The molecule has 0 saturated carbocycles. The van der Waals surface area contributed by atoms with Crippen molar-refractivity contribution in [1.82, 2.24) is 0 Å². The third-order valence-corrected chi connectivity index (χ3v) is 2.89. The second-order valence-corrected chi connectivity index (χ2v) is 4.71. The van der Waals surface area contributed by atoms with E-state index >= 15 is 0 Å². The van der Waals surface area contributed by atoms with Crippen molar-refractivity contribution < 1.29 is 9.47 Å². The van der Waals surface area contributed by atoms with E-state index in [4.69, 9.17) is 15.2 Å². The van der Waals surface area contributed by atoms with E-state index in [0.29, 0.717) is 6.61 Å². The standard InChI is InChI=1S/C12H18BrNO2/c1-8(7-15-3)16-10-4-5-11(9(2)14)12(13)6-10/h4-6,8-9H,7,14H2,1-3H3. The molecule has 2 N–H and O–H groups in total. The summed E-state index contributed by atoms with van der Waals surface area (Å²) in [4.78, 5) is 0. The van der Waals surface area contributed by atoms with Gasteiger partial charge in [-0.25, -0.2) is 0 Å². The van der Waals surface area contributed by atoms with E-state index in [-0.39, 0.29) is 12.1 Å². The van der Waals surface area contributed by atoms with Gasteiger partial charge in [0.25, 0.3) is 0 Å². The molecular weight excluding hydrogens is 270 g/mol. The van der Waals surface area contributed by atoms with Crippen molar-refractivity contribution >= 4 is 15.9 Å². The Bertz CT molecular complexity index is 342. The smallest absolute Gasteiger partial charge is 0.120 e. The van der Waals surface area contributed by atoms with Crippen LogP contribution in [0.15, 0.2) is 22.7 Å². The molecule has 0 spiro atoms. The molecule has 0 heterocycles. The molecular formula is C12H18BrNO2. The molecule has 16 heavy (non-hydrogen) atoms. The van der Waals surface area contributed by atoms with Crippen LogP contribution in [0.2, 0.25) is 0 Å². The number of rotatable bonds is 5. The zero-order valence-corrected chi connectivity index (χ0v) is 11.5. The minimum atomic E-state index is 0.0137. The van der Waals surface area contributed by atoms with E-state index in [9.17, 15) is 0 Å². The molecule has 4 heteroatoms. The first-order valence-electron chi connectivity index (χ1n) is 5.25. The lowest BCUT2D eigenvalue weighted by molar-refractivity contribution is 0.0920. The van der Waals surface area contributed by atoms with Gasteiger partial charge in [0.05, 0.1) is 6.61 Å². The van der Waals surface area contributed by atoms with Crippen LogP contribution in [-0.4, -0.2) is 19.8 Å². The van der Waals surface area contributed by atoms with Gasteiger partial charge in [0.1, 0.15) is 11.9 Å². The van der Waals surface area contributed by atoms with Crippen LogP contribution in [0, 0.1) is 0 Å². The zero-order valence-electron chi connectivity index (χ0n) is 9.87. The first-order chi connectivity index (χ1) is 7.54. The normalized spacial score (nSPS) is 14.6. The predicted octanol–water partition coefficient (Wildman–Crippen LogP) is 2.88. The van der Waals surface area contributed by atoms with Gasteiger partial charge in [-0.15, -0.1) is 0 Å². The van der Waals surface area contributed by atoms with Gasteiger partial charge >= 0.3 is 0 Å². The molecule has 0 amide bonds. The van der Waals surface area contributed by atoms with Gasteiger partial charge in [-0.1, -0.05) is 22.0 Å². The first-order valence-corrected chi connectivity index (χ1v) is 6.04. The highest BCUT2D eigenvalue weighted by Gasteiger charge is 2.08. The van der Waals surface area contributed by atoms with Crippen LogP contribution in [0.4, 0.5) is 0 Å². The summed E-state index contributed by atoms with van der Waals surface area (Å²) in [5.74, 6) is 0.820. The Morgan fingerprint density at radius 1 is 1.38 bits per heavy atom. The molecule has 0 radical (unpaired) electrons. The summed E-state index contributed by atoms with van der Waals surface area (Å²) >= 11 is 3.49. The average molecular weight is 288 g/mol. The minimum Gasteiger partial charge on any atom is -0.488 e. The van der Waals surface area contributed by atoms with E-state index in [0.717, 1.165) is 15.8 Å². The predicted molar refractivity (Wildman–Crippen MR) is 68.7 cm³/mol. The highest BCUT2D eigenvalue weighted by Crippen LogP contribution is 2.27. The van der Waals surface area contributed by atoms with E-state index in [1.807, 2.05) is 32.0 Å². The molecule has 1 rings (SSSR count). The monoisotopic (exact) mass is 287 g/mol. The lowest BCUT2D eigenvalue weighted by atomic mass is 10.1.